The Morgan fingerprint density at radius 2 is 1.74 bits per heavy atom. The minimum Gasteiger partial charge on any atom is -0.462 e. The summed E-state index contributed by atoms with van der Waals surface area (Å²) in [6, 6.07) is 13.7. The fraction of sp³-hybridized carbons (Fsp3) is 0.346. The molecule has 1 aromatic carbocycles. The molecule has 0 aliphatic heterocycles. The molecular weight excluding hydrogens is 468 g/mol. The van der Waals surface area contributed by atoms with E-state index in [-0.39, 0.29) is 30.9 Å². The molecule has 178 valence electrons. The second kappa shape index (κ2) is 11.4. The van der Waals surface area contributed by atoms with Gasteiger partial charge in [-0.3, -0.25) is 14.5 Å². The number of nitrogens with zero attached hydrogens (tertiary/aromatic N) is 1. The lowest BCUT2D eigenvalue weighted by Gasteiger charge is -2.31. The van der Waals surface area contributed by atoms with Gasteiger partial charge in [-0.05, 0) is 66.9 Å². The summed E-state index contributed by atoms with van der Waals surface area (Å²) in [6.07, 6.45) is 4.31. The van der Waals surface area contributed by atoms with Gasteiger partial charge in [-0.2, -0.15) is 0 Å². The number of carbonyl (C=O) groups excluding carboxylic acids is 3. The molecule has 1 N–H and O–H groups in total. The van der Waals surface area contributed by atoms with Crippen LogP contribution in [-0.2, 0) is 20.7 Å². The normalized spacial score (nSPS) is 14.5. The first kappa shape index (κ1) is 24.2. The van der Waals surface area contributed by atoms with Crippen LogP contribution in [0.3, 0.4) is 0 Å². The van der Waals surface area contributed by atoms with Crippen LogP contribution in [0.2, 0.25) is 0 Å². The van der Waals surface area contributed by atoms with Crippen LogP contribution in [0.15, 0.2) is 59.3 Å². The molecule has 0 bridgehead atoms. The molecule has 0 spiro atoms. The average molecular weight is 497 g/mol. The summed E-state index contributed by atoms with van der Waals surface area (Å²) >= 11 is 2.97. The highest BCUT2D eigenvalue weighted by atomic mass is 32.1. The van der Waals surface area contributed by atoms with Gasteiger partial charge in [-0.25, -0.2) is 4.79 Å². The highest BCUT2D eigenvalue weighted by molar-refractivity contribution is 7.10. The smallest absolute Gasteiger partial charge is 0.338 e. The zero-order valence-electron chi connectivity index (χ0n) is 19.1. The van der Waals surface area contributed by atoms with Gasteiger partial charge in [0.1, 0.15) is 6.04 Å². The van der Waals surface area contributed by atoms with Crippen molar-refractivity contribution in [3.8, 4) is 0 Å². The molecule has 2 aromatic heterocycles. The monoisotopic (exact) mass is 496 g/mol. The van der Waals surface area contributed by atoms with Crippen LogP contribution in [0.25, 0.3) is 0 Å². The third kappa shape index (κ3) is 5.74. The number of thiophene rings is 2. The summed E-state index contributed by atoms with van der Waals surface area (Å²) in [5.74, 6) is -0.769. The number of rotatable bonds is 9. The minimum atomic E-state index is -0.790. The van der Waals surface area contributed by atoms with E-state index in [0.717, 1.165) is 35.4 Å². The number of nitrogens with one attached hydrogen (secondary N) is 1. The summed E-state index contributed by atoms with van der Waals surface area (Å²) in [5, 5.41) is 7.03. The Morgan fingerprint density at radius 1 is 1.03 bits per heavy atom. The molecule has 1 fully saturated rings. The first-order valence-corrected chi connectivity index (χ1v) is 13.3. The lowest BCUT2D eigenvalue weighted by molar-refractivity contribution is -0.126. The highest BCUT2D eigenvalue weighted by Gasteiger charge is 2.35. The Bertz CT molecular complexity index is 1090. The standard InChI is InChI=1S/C26H28N2O4S2/c1-2-32-26(31)18-11-13-20(14-12-18)28(23(29)17-21-9-5-15-33-21)24(22-10-6-16-34-22)25(30)27-19-7-3-4-8-19/h5-6,9-16,19,24H,2-4,7-8,17H2,1H3,(H,27,30). The largest absolute Gasteiger partial charge is 0.462 e. The van der Waals surface area contributed by atoms with Crippen molar-refractivity contribution < 1.29 is 19.1 Å². The molecule has 6 nitrogen and oxygen atoms in total. The molecule has 3 aromatic rings. The second-order valence-corrected chi connectivity index (χ2v) is 10.2. The fourth-order valence-corrected chi connectivity index (χ4v) is 5.74. The molecule has 1 aliphatic rings. The van der Waals surface area contributed by atoms with E-state index >= 15 is 0 Å². The SMILES string of the molecule is CCOC(=O)c1ccc(N(C(=O)Cc2cccs2)C(C(=O)NC2CCCC2)c2cccs2)cc1. The van der Waals surface area contributed by atoms with Gasteiger partial charge in [-0.15, -0.1) is 22.7 Å². The maximum absolute atomic E-state index is 13.7. The summed E-state index contributed by atoms with van der Waals surface area (Å²) in [5.41, 5.74) is 0.967. The van der Waals surface area contributed by atoms with Crippen molar-refractivity contribution in [2.45, 2.75) is 51.1 Å². The Balaban J connectivity index is 1.70. The van der Waals surface area contributed by atoms with Crippen molar-refractivity contribution in [3.63, 3.8) is 0 Å². The van der Waals surface area contributed by atoms with Gasteiger partial charge < -0.3 is 10.1 Å². The number of benzene rings is 1. The molecular formula is C26H28N2O4S2. The van der Waals surface area contributed by atoms with E-state index < -0.39 is 12.0 Å². The van der Waals surface area contributed by atoms with Gasteiger partial charge in [0.2, 0.25) is 11.8 Å². The molecule has 1 atom stereocenters. The topological polar surface area (TPSA) is 75.7 Å². The Labute approximate surface area is 207 Å². The lowest BCUT2D eigenvalue weighted by atomic mass is 10.1. The van der Waals surface area contributed by atoms with Crippen molar-refractivity contribution >= 4 is 46.1 Å². The molecule has 0 saturated heterocycles. The Morgan fingerprint density at radius 3 is 2.35 bits per heavy atom. The van der Waals surface area contributed by atoms with Crippen molar-refractivity contribution in [3.05, 3.63) is 74.6 Å². The van der Waals surface area contributed by atoms with E-state index in [4.69, 9.17) is 4.74 Å². The number of ether oxygens (including phenoxy) is 1. The van der Waals surface area contributed by atoms with Gasteiger partial charge in [0.05, 0.1) is 18.6 Å². The molecule has 1 saturated carbocycles. The van der Waals surface area contributed by atoms with E-state index in [9.17, 15) is 14.4 Å². The number of hydrogen-bond donors (Lipinski definition) is 1. The van der Waals surface area contributed by atoms with Crippen molar-refractivity contribution in [2.24, 2.45) is 0 Å². The molecule has 2 amide bonds. The molecule has 0 radical (unpaired) electrons. The van der Waals surface area contributed by atoms with Crippen molar-refractivity contribution in [1.82, 2.24) is 5.32 Å². The number of anilines is 1. The van der Waals surface area contributed by atoms with Gasteiger partial charge >= 0.3 is 5.97 Å². The van der Waals surface area contributed by atoms with Crippen LogP contribution >= 0.6 is 22.7 Å². The summed E-state index contributed by atoms with van der Waals surface area (Å²) < 4.78 is 5.08. The van der Waals surface area contributed by atoms with Crippen LogP contribution in [-0.4, -0.2) is 30.4 Å². The predicted octanol–water partition coefficient (Wildman–Crippen LogP) is 5.36. The van der Waals surface area contributed by atoms with Crippen LogP contribution in [0.4, 0.5) is 5.69 Å². The number of esters is 1. The van der Waals surface area contributed by atoms with Gasteiger partial charge in [-0.1, -0.05) is 25.0 Å². The molecule has 2 heterocycles. The van der Waals surface area contributed by atoms with Gasteiger partial charge in [0, 0.05) is 21.5 Å². The van der Waals surface area contributed by atoms with E-state index in [0.29, 0.717) is 11.3 Å². The zero-order valence-corrected chi connectivity index (χ0v) is 20.7. The highest BCUT2D eigenvalue weighted by Crippen LogP contribution is 2.33. The van der Waals surface area contributed by atoms with E-state index in [2.05, 4.69) is 5.32 Å². The van der Waals surface area contributed by atoms with E-state index in [1.807, 2.05) is 35.0 Å². The van der Waals surface area contributed by atoms with E-state index in [1.54, 1.807) is 36.1 Å². The van der Waals surface area contributed by atoms with Crippen LogP contribution in [0.5, 0.6) is 0 Å². The quantitative estimate of drug-likeness (QED) is 0.405. The van der Waals surface area contributed by atoms with E-state index in [1.165, 1.54) is 22.7 Å². The summed E-state index contributed by atoms with van der Waals surface area (Å²) in [4.78, 5) is 42.7. The molecule has 34 heavy (non-hydrogen) atoms. The second-order valence-electron chi connectivity index (χ2n) is 8.20. The van der Waals surface area contributed by atoms with Crippen LogP contribution < -0.4 is 10.2 Å². The Kier molecular flexibility index (Phi) is 8.13. The predicted molar refractivity (Wildman–Crippen MR) is 135 cm³/mol. The molecule has 1 unspecified atom stereocenters. The maximum Gasteiger partial charge on any atom is 0.338 e. The molecule has 4 rings (SSSR count). The first-order valence-electron chi connectivity index (χ1n) is 11.5. The zero-order chi connectivity index (χ0) is 23.9. The average Bonchev–Trinajstić information content (AvgIpc) is 3.62. The maximum atomic E-state index is 13.7. The fourth-order valence-electron chi connectivity index (χ4n) is 4.23. The Hall–Kier alpha value is -2.97. The summed E-state index contributed by atoms with van der Waals surface area (Å²) in [7, 11) is 0. The summed E-state index contributed by atoms with van der Waals surface area (Å²) in [6.45, 7) is 2.04. The third-order valence-corrected chi connectivity index (χ3v) is 7.65. The van der Waals surface area contributed by atoms with Crippen molar-refractivity contribution in [2.75, 3.05) is 11.5 Å². The van der Waals surface area contributed by atoms with Crippen LogP contribution in [0, 0.1) is 0 Å². The van der Waals surface area contributed by atoms with Crippen LogP contribution in [0.1, 0.15) is 58.8 Å². The first-order chi connectivity index (χ1) is 16.6. The lowest BCUT2D eigenvalue weighted by Crippen LogP contribution is -2.46. The third-order valence-electron chi connectivity index (χ3n) is 5.85. The number of amides is 2. The minimum absolute atomic E-state index is 0.135. The number of hydrogen-bond acceptors (Lipinski definition) is 6. The molecule has 1 aliphatic carbocycles. The van der Waals surface area contributed by atoms with Gasteiger partial charge in [0.25, 0.3) is 0 Å². The molecule has 8 heteroatoms. The number of carbonyl (C=O) groups is 3. The van der Waals surface area contributed by atoms with Crippen molar-refractivity contribution in [1.29, 1.82) is 0 Å². The van der Waals surface area contributed by atoms with Gasteiger partial charge in [0.15, 0.2) is 0 Å².